The summed E-state index contributed by atoms with van der Waals surface area (Å²) in [5.41, 5.74) is -0.585. The van der Waals surface area contributed by atoms with E-state index in [-0.39, 0.29) is 68.2 Å². The molecule has 0 saturated carbocycles. The Morgan fingerprint density at radius 1 is 1.02 bits per heavy atom. The average Bonchev–Trinajstić information content (AvgIpc) is 3.75. The normalized spacial score (nSPS) is 29.2. The van der Waals surface area contributed by atoms with E-state index in [0.29, 0.717) is 44.8 Å². The number of Topliss-reactive ketones (excluding diaryl/α,β-unsaturated/α-hetero) is 1. The Labute approximate surface area is 374 Å². The molecule has 7 atom stereocenters. The number of benzene rings is 2. The summed E-state index contributed by atoms with van der Waals surface area (Å²) in [6.07, 6.45) is 6.39. The van der Waals surface area contributed by atoms with E-state index in [1.165, 1.54) is 13.2 Å². The molecule has 1 saturated heterocycles. The van der Waals surface area contributed by atoms with Gasteiger partial charge >= 0.3 is 11.8 Å². The van der Waals surface area contributed by atoms with Gasteiger partial charge in [-0.05, 0) is 45.1 Å². The molecule has 4 bridgehead atoms. The fourth-order valence-electron chi connectivity index (χ4n) is 9.04. The highest BCUT2D eigenvalue weighted by Gasteiger charge is 2.50. The van der Waals surface area contributed by atoms with Gasteiger partial charge in [0.25, 0.3) is 11.7 Å². The van der Waals surface area contributed by atoms with E-state index in [0.717, 1.165) is 6.54 Å². The Bertz CT molecular complexity index is 2380. The molecule has 4 aliphatic heterocycles. The number of nitrogens with one attached hydrogen (secondary N) is 2. The lowest BCUT2D eigenvalue weighted by molar-refractivity contribution is -0.157. The molecule has 1 unspecified atom stereocenters. The van der Waals surface area contributed by atoms with Crippen LogP contribution >= 0.6 is 0 Å². The number of amides is 2. The molecule has 16 heteroatoms. The Morgan fingerprint density at radius 2 is 1.70 bits per heavy atom. The summed E-state index contributed by atoms with van der Waals surface area (Å²) in [7, 11) is 0. The van der Waals surface area contributed by atoms with Crippen molar-refractivity contribution in [2.45, 2.75) is 131 Å². The first-order valence-electron chi connectivity index (χ1n) is 22.5. The standard InChI is InChI=1S/C48H65N5O11/c1-10-19-49-32(54)23-33(55)63-31-16-11-12-22-62-47(9)45(60)36-34-35(42(58)30(8)44(36)64-47)43(59)39(38-37(34)51-48(52-38)17-20-53(21-18-48)24-25(2)3)50-46(61)27(5)15-13-14-26(4)40(56)29(7)41(57)28(31)6/h12-15,22,25-26,28-29,31,40-41,56-59H,10-11,16-21,23-24H2,1-9H3,(H,49,54)(H,50,61)/b14-13+,22-12+,27-15-/t26?,28-,29+,31+,40-,41-,47-/m0/s1. The van der Waals surface area contributed by atoms with Gasteiger partial charge < -0.3 is 50.2 Å². The molecule has 6 rings (SSSR count). The molecule has 348 valence electrons. The van der Waals surface area contributed by atoms with E-state index >= 15 is 0 Å². The lowest BCUT2D eigenvalue weighted by atomic mass is 9.81. The molecule has 2 amide bonds. The van der Waals surface area contributed by atoms with Crippen molar-refractivity contribution in [3.8, 4) is 17.2 Å². The lowest BCUT2D eigenvalue weighted by Crippen LogP contribution is -2.43. The minimum absolute atomic E-state index is 0.0396. The Balaban J connectivity index is 1.44. The van der Waals surface area contributed by atoms with E-state index in [1.807, 2.05) is 6.92 Å². The Morgan fingerprint density at radius 3 is 2.38 bits per heavy atom. The number of anilines is 1. The molecule has 1 spiro atoms. The topological polar surface area (TPSA) is 229 Å². The second kappa shape index (κ2) is 19.4. The van der Waals surface area contributed by atoms with Crippen LogP contribution in [0, 0.1) is 30.6 Å². The summed E-state index contributed by atoms with van der Waals surface area (Å²) in [6.45, 7) is 18.7. The summed E-state index contributed by atoms with van der Waals surface area (Å²) in [5, 5.41) is 52.8. The maximum Gasteiger partial charge on any atom is 0.315 e. The van der Waals surface area contributed by atoms with Crippen molar-refractivity contribution in [2.75, 3.05) is 31.5 Å². The highest BCUT2D eigenvalue weighted by atomic mass is 16.7. The van der Waals surface area contributed by atoms with Gasteiger partial charge in [-0.2, -0.15) is 0 Å². The van der Waals surface area contributed by atoms with Crippen LogP contribution in [-0.2, 0) is 23.9 Å². The van der Waals surface area contributed by atoms with Crippen molar-refractivity contribution < 1.29 is 53.8 Å². The summed E-state index contributed by atoms with van der Waals surface area (Å²) in [4.78, 5) is 66.6. The molecule has 2 aromatic rings. The smallest absolute Gasteiger partial charge is 0.315 e. The number of phenolic OH excluding ortho intramolecular Hbond substituents is 2. The summed E-state index contributed by atoms with van der Waals surface area (Å²) < 4.78 is 18.1. The zero-order valence-electron chi connectivity index (χ0n) is 38.5. The van der Waals surface area contributed by atoms with Crippen LogP contribution in [0.4, 0.5) is 5.69 Å². The molecule has 0 radical (unpaired) electrons. The number of allylic oxidation sites excluding steroid dienone is 3. The number of ether oxygens (including phenoxy) is 3. The number of hydrogen-bond donors (Lipinski definition) is 6. The highest BCUT2D eigenvalue weighted by molar-refractivity contribution is 6.19. The maximum absolute atomic E-state index is 14.7. The maximum atomic E-state index is 14.7. The van der Waals surface area contributed by atoms with Crippen LogP contribution in [-0.4, -0.2) is 105 Å². The first-order chi connectivity index (χ1) is 30.2. The van der Waals surface area contributed by atoms with E-state index in [9.17, 15) is 39.6 Å². The number of aliphatic hydroxyl groups is 2. The number of esters is 1. The van der Waals surface area contributed by atoms with Gasteiger partial charge in [0.05, 0.1) is 34.8 Å². The number of rotatable bonds is 7. The average molecular weight is 888 g/mol. The summed E-state index contributed by atoms with van der Waals surface area (Å²) >= 11 is 0. The van der Waals surface area contributed by atoms with Gasteiger partial charge in [-0.25, -0.2) is 0 Å². The Kier molecular flexibility index (Phi) is 14.6. The number of phenols is 2. The molecule has 4 aliphatic rings. The van der Waals surface area contributed by atoms with Crippen LogP contribution in [0.5, 0.6) is 17.2 Å². The first-order valence-corrected chi connectivity index (χ1v) is 22.5. The van der Waals surface area contributed by atoms with Crippen LogP contribution in [0.15, 0.2) is 46.1 Å². The SMILES string of the molecule is CCCNC(=O)CC(=O)O[C@@H]1CC/C=C/O[C@@]2(C)Oc3c(C)c(O)c4c(O)c(c5c(c4c3C2=O)=NC2(CCN(CC(C)C)CC2)N=5)NC(=O)/C(C)=C\C=C\C(C)[C@H](O)[C@@H](C)[C@@H](O)[C@H]1C. The van der Waals surface area contributed by atoms with Crippen LogP contribution in [0.25, 0.3) is 10.8 Å². The second-order valence-corrected chi connectivity index (χ2v) is 18.5. The third-order valence-electron chi connectivity index (χ3n) is 13.0. The monoisotopic (exact) mass is 887 g/mol. The van der Waals surface area contributed by atoms with E-state index in [2.05, 4.69) is 29.4 Å². The summed E-state index contributed by atoms with van der Waals surface area (Å²) in [6, 6.07) is 0. The minimum Gasteiger partial charge on any atom is -0.507 e. The quantitative estimate of drug-likeness (QED) is 0.126. The number of hydrogen-bond acceptors (Lipinski definition) is 14. The van der Waals surface area contributed by atoms with E-state index in [4.69, 9.17) is 24.2 Å². The number of likely N-dealkylation sites (tertiary alicyclic amines) is 1. The number of carbonyl (C=O) groups excluding carboxylic acids is 4. The molecule has 2 aromatic carbocycles. The number of nitrogens with zero attached hydrogens (tertiary/aromatic N) is 3. The zero-order valence-corrected chi connectivity index (χ0v) is 38.5. The van der Waals surface area contributed by atoms with Gasteiger partial charge in [-0.15, -0.1) is 0 Å². The molecule has 16 nitrogen and oxygen atoms in total. The van der Waals surface area contributed by atoms with Gasteiger partial charge in [0, 0.05) is 80.2 Å². The van der Waals surface area contributed by atoms with Gasteiger partial charge in [0.15, 0.2) is 11.4 Å². The van der Waals surface area contributed by atoms with Crippen LogP contribution in [0.3, 0.4) is 0 Å². The summed E-state index contributed by atoms with van der Waals surface area (Å²) in [5.74, 6) is -6.61. The molecule has 64 heavy (non-hydrogen) atoms. The number of fused-ring (bicyclic) bond motifs is 1. The van der Waals surface area contributed by atoms with Crippen LogP contribution < -0.4 is 26.1 Å². The number of aromatic hydroxyl groups is 2. The van der Waals surface area contributed by atoms with Crippen molar-refractivity contribution in [1.82, 2.24) is 10.2 Å². The van der Waals surface area contributed by atoms with Gasteiger partial charge in [0.1, 0.15) is 35.1 Å². The highest BCUT2D eigenvalue weighted by Crippen LogP contribution is 2.50. The van der Waals surface area contributed by atoms with E-state index in [1.54, 1.807) is 58.9 Å². The molecule has 4 heterocycles. The molecule has 1 fully saturated rings. The van der Waals surface area contributed by atoms with Crippen molar-refractivity contribution >= 4 is 40.0 Å². The fourth-order valence-corrected chi connectivity index (χ4v) is 9.04. The fraction of sp³-hybridized carbons (Fsp3) is 0.583. The van der Waals surface area contributed by atoms with Gasteiger partial charge in [-0.1, -0.05) is 59.8 Å². The van der Waals surface area contributed by atoms with Gasteiger partial charge in [0.2, 0.25) is 5.91 Å². The number of carbonyl (C=O) groups is 4. The van der Waals surface area contributed by atoms with E-state index < -0.39 is 83.3 Å². The predicted octanol–water partition coefficient (Wildman–Crippen LogP) is 4.77. The Hall–Kier alpha value is -5.32. The van der Waals surface area contributed by atoms with Crippen LogP contribution in [0.1, 0.15) is 110 Å². The molecular weight excluding hydrogens is 823 g/mol. The van der Waals surface area contributed by atoms with Crippen molar-refractivity contribution in [2.24, 2.45) is 33.7 Å². The second-order valence-electron chi connectivity index (χ2n) is 18.5. The first kappa shape index (κ1) is 48.1. The van der Waals surface area contributed by atoms with Gasteiger partial charge in [-0.3, -0.25) is 29.2 Å². The third kappa shape index (κ3) is 9.69. The largest absolute Gasteiger partial charge is 0.507 e. The third-order valence-corrected chi connectivity index (χ3v) is 13.0. The van der Waals surface area contributed by atoms with Crippen molar-refractivity contribution in [1.29, 1.82) is 0 Å². The molecule has 0 aliphatic carbocycles. The number of ketones is 1. The lowest BCUT2D eigenvalue weighted by Gasteiger charge is -2.36. The predicted molar refractivity (Wildman–Crippen MR) is 239 cm³/mol. The molecule has 6 N–H and O–H groups in total. The molecule has 0 aromatic heterocycles. The molecular formula is C48H65N5O11. The van der Waals surface area contributed by atoms with Crippen LogP contribution in [0.2, 0.25) is 0 Å². The van der Waals surface area contributed by atoms with Crippen molar-refractivity contribution in [3.63, 3.8) is 0 Å². The van der Waals surface area contributed by atoms with Crippen molar-refractivity contribution in [3.05, 3.63) is 58.0 Å². The number of aliphatic hydroxyl groups excluding tert-OH is 2. The number of piperidine rings is 1. The zero-order chi connectivity index (χ0) is 46.8. The minimum atomic E-state index is -1.93.